The van der Waals surface area contributed by atoms with Crippen LogP contribution in [0.4, 0.5) is 4.39 Å². The Hall–Kier alpha value is -5.07. The van der Waals surface area contributed by atoms with Crippen molar-refractivity contribution in [2.75, 3.05) is 46.6 Å². The molecule has 12 heteroatoms. The minimum atomic E-state index is -0.919. The third-order valence-electron chi connectivity index (χ3n) is 7.76. The third kappa shape index (κ3) is 6.74. The van der Waals surface area contributed by atoms with Crippen molar-refractivity contribution in [3.05, 3.63) is 121 Å². The number of morpholine rings is 1. The molecule has 3 heterocycles. The molecule has 4 aromatic rings. The molecule has 0 N–H and O–H groups in total. The highest BCUT2D eigenvalue weighted by Gasteiger charge is 2.35. The van der Waals surface area contributed by atoms with Crippen molar-refractivity contribution in [2.45, 2.75) is 13.0 Å². The zero-order valence-electron chi connectivity index (χ0n) is 25.8. The molecule has 0 saturated carbocycles. The normalized spacial score (nSPS) is 16.4. The van der Waals surface area contributed by atoms with E-state index in [4.69, 9.17) is 23.9 Å². The molecule has 0 radical (unpaired) electrons. The maximum atomic E-state index is 14.1. The summed E-state index contributed by atoms with van der Waals surface area (Å²) in [4.78, 5) is 47.1. The lowest BCUT2D eigenvalue weighted by atomic mass is 9.93. The van der Waals surface area contributed by atoms with Crippen LogP contribution in [-0.4, -0.2) is 68.0 Å². The highest BCUT2D eigenvalue weighted by molar-refractivity contribution is 7.07. The summed E-state index contributed by atoms with van der Waals surface area (Å²) in [6.45, 7) is 3.71. The van der Waals surface area contributed by atoms with Crippen LogP contribution < -0.4 is 24.4 Å². The van der Waals surface area contributed by atoms with Gasteiger partial charge in [-0.15, -0.1) is 0 Å². The molecule has 0 aliphatic carbocycles. The molecule has 1 aromatic heterocycles. The van der Waals surface area contributed by atoms with Crippen LogP contribution in [0.25, 0.3) is 11.8 Å². The van der Waals surface area contributed by atoms with E-state index in [1.807, 2.05) is 30.3 Å². The molecular weight excluding hydrogens is 625 g/mol. The minimum Gasteiger partial charge on any atom is -0.493 e. The van der Waals surface area contributed by atoms with E-state index < -0.39 is 17.8 Å². The first kappa shape index (κ1) is 31.9. The maximum Gasteiger partial charge on any atom is 0.338 e. The van der Waals surface area contributed by atoms with Crippen LogP contribution in [0.15, 0.2) is 88.2 Å². The molecular formula is C35H32FN3O7S. The number of aromatic nitrogens is 1. The molecule has 3 aromatic carbocycles. The minimum absolute atomic E-state index is 0.119. The highest BCUT2D eigenvalue weighted by atomic mass is 32.1. The molecule has 1 fully saturated rings. The van der Waals surface area contributed by atoms with Gasteiger partial charge in [0.05, 0.1) is 48.8 Å². The SMILES string of the molecule is CCOC(=O)C1=C(c2ccccc2)N=c2s/c(=C/c3ccc(OCC(=O)N4CCOCC4)c(OC)c3)c(=O)n2[C@@H]1c1ccc(F)cc1. The Morgan fingerprint density at radius 1 is 1.04 bits per heavy atom. The molecule has 1 saturated heterocycles. The smallest absolute Gasteiger partial charge is 0.338 e. The fourth-order valence-corrected chi connectivity index (χ4v) is 6.49. The second-order valence-corrected chi connectivity index (χ2v) is 11.7. The molecule has 10 nitrogen and oxygen atoms in total. The van der Waals surface area contributed by atoms with E-state index in [1.54, 1.807) is 48.2 Å². The maximum absolute atomic E-state index is 14.1. The largest absolute Gasteiger partial charge is 0.493 e. The fourth-order valence-electron chi connectivity index (χ4n) is 5.49. The number of esters is 1. The first-order valence-electron chi connectivity index (χ1n) is 15.1. The van der Waals surface area contributed by atoms with Crippen LogP contribution in [0.3, 0.4) is 0 Å². The summed E-state index contributed by atoms with van der Waals surface area (Å²) in [6, 6.07) is 19.1. The Morgan fingerprint density at radius 2 is 1.79 bits per heavy atom. The highest BCUT2D eigenvalue weighted by Crippen LogP contribution is 2.35. The van der Waals surface area contributed by atoms with E-state index in [0.717, 1.165) is 0 Å². The van der Waals surface area contributed by atoms with Crippen LogP contribution in [0.1, 0.15) is 29.7 Å². The molecule has 1 amide bonds. The van der Waals surface area contributed by atoms with E-state index in [-0.39, 0.29) is 30.3 Å². The van der Waals surface area contributed by atoms with Crippen LogP contribution >= 0.6 is 11.3 Å². The second-order valence-electron chi connectivity index (χ2n) is 10.7. The standard InChI is InChI=1S/C35H32FN3O7S/c1-3-45-34(42)30-31(23-7-5-4-6-8-23)37-35-39(32(30)24-10-12-25(36)13-11-24)33(41)28(47-35)20-22-9-14-26(27(19-22)43-2)46-21-29(40)38-15-17-44-18-16-38/h4-14,19-20,32H,3,15-18,21H2,1-2H3/b28-20+/t32-/m1/s1. The van der Waals surface area contributed by atoms with Gasteiger partial charge in [-0.1, -0.05) is 59.9 Å². The van der Waals surface area contributed by atoms with E-state index in [1.165, 1.54) is 35.1 Å². The first-order chi connectivity index (χ1) is 22.9. The van der Waals surface area contributed by atoms with Crippen LogP contribution in [-0.2, 0) is 19.1 Å². The molecule has 242 valence electrons. The predicted octanol–water partition coefficient (Wildman–Crippen LogP) is 3.32. The summed E-state index contributed by atoms with van der Waals surface area (Å²) in [5.74, 6) is -0.436. The number of rotatable bonds is 9. The lowest BCUT2D eigenvalue weighted by Crippen LogP contribution is -2.43. The lowest BCUT2D eigenvalue weighted by molar-refractivity contribution is -0.139. The number of carbonyl (C=O) groups is 2. The van der Waals surface area contributed by atoms with Crippen LogP contribution in [0, 0.1) is 5.82 Å². The predicted molar refractivity (Wildman–Crippen MR) is 173 cm³/mol. The van der Waals surface area contributed by atoms with Crippen molar-refractivity contribution in [1.29, 1.82) is 0 Å². The summed E-state index contributed by atoms with van der Waals surface area (Å²) in [5.41, 5.74) is 2.02. The fraction of sp³-hybridized carbons (Fsp3) is 0.257. The quantitative estimate of drug-likeness (QED) is 0.254. The number of fused-ring (bicyclic) bond motifs is 1. The number of halogens is 1. The average Bonchev–Trinajstić information content (AvgIpc) is 3.41. The number of methoxy groups -OCH3 is 1. The first-order valence-corrected chi connectivity index (χ1v) is 15.9. The van der Waals surface area contributed by atoms with Crippen molar-refractivity contribution in [1.82, 2.24) is 9.47 Å². The number of hydrogen-bond donors (Lipinski definition) is 0. The van der Waals surface area contributed by atoms with Gasteiger partial charge in [0.25, 0.3) is 11.5 Å². The van der Waals surface area contributed by atoms with Gasteiger partial charge >= 0.3 is 5.97 Å². The van der Waals surface area contributed by atoms with E-state index >= 15 is 0 Å². The number of nitrogens with zero attached hydrogens (tertiary/aromatic N) is 3. The molecule has 1 atom stereocenters. The topological polar surface area (TPSA) is 109 Å². The Kier molecular flexibility index (Phi) is 9.60. The van der Waals surface area contributed by atoms with Crippen molar-refractivity contribution in [2.24, 2.45) is 4.99 Å². The van der Waals surface area contributed by atoms with Gasteiger partial charge < -0.3 is 23.8 Å². The van der Waals surface area contributed by atoms with Gasteiger partial charge in [-0.2, -0.15) is 0 Å². The Labute approximate surface area is 273 Å². The molecule has 0 bridgehead atoms. The zero-order valence-corrected chi connectivity index (χ0v) is 26.6. The number of hydrogen-bond acceptors (Lipinski definition) is 9. The van der Waals surface area contributed by atoms with Gasteiger partial charge in [0.2, 0.25) is 0 Å². The Balaban J connectivity index is 1.42. The summed E-state index contributed by atoms with van der Waals surface area (Å²) >= 11 is 1.17. The number of ether oxygens (including phenoxy) is 4. The molecule has 2 aliphatic heterocycles. The van der Waals surface area contributed by atoms with Crippen molar-refractivity contribution < 1.29 is 32.9 Å². The Bertz CT molecular complexity index is 2000. The van der Waals surface area contributed by atoms with Gasteiger partial charge in [-0.3, -0.25) is 14.2 Å². The summed E-state index contributed by atoms with van der Waals surface area (Å²) in [6.07, 6.45) is 1.70. The number of thiazole rings is 1. The molecule has 2 aliphatic rings. The summed E-state index contributed by atoms with van der Waals surface area (Å²) < 4.78 is 37.9. The van der Waals surface area contributed by atoms with Gasteiger partial charge in [-0.05, 0) is 48.4 Å². The van der Waals surface area contributed by atoms with Crippen molar-refractivity contribution in [3.8, 4) is 11.5 Å². The van der Waals surface area contributed by atoms with Gasteiger partial charge in [0.1, 0.15) is 5.82 Å². The lowest BCUT2D eigenvalue weighted by Gasteiger charge is -2.26. The van der Waals surface area contributed by atoms with Gasteiger partial charge in [0.15, 0.2) is 22.9 Å². The number of benzene rings is 3. The van der Waals surface area contributed by atoms with E-state index in [2.05, 4.69) is 0 Å². The molecule has 6 rings (SSSR count). The molecule has 0 spiro atoms. The number of carbonyl (C=O) groups excluding carboxylic acids is 2. The molecule has 0 unspecified atom stereocenters. The Morgan fingerprint density at radius 3 is 2.49 bits per heavy atom. The van der Waals surface area contributed by atoms with Gasteiger partial charge in [-0.25, -0.2) is 14.2 Å². The summed E-state index contributed by atoms with van der Waals surface area (Å²) in [7, 11) is 1.49. The average molecular weight is 658 g/mol. The van der Waals surface area contributed by atoms with Crippen molar-refractivity contribution >= 4 is 35.0 Å². The number of amides is 1. The van der Waals surface area contributed by atoms with Crippen LogP contribution in [0.5, 0.6) is 11.5 Å². The zero-order chi connectivity index (χ0) is 32.9. The van der Waals surface area contributed by atoms with Crippen molar-refractivity contribution in [3.63, 3.8) is 0 Å². The van der Waals surface area contributed by atoms with E-state index in [0.29, 0.717) is 69.5 Å². The van der Waals surface area contributed by atoms with Crippen LogP contribution in [0.2, 0.25) is 0 Å². The third-order valence-corrected chi connectivity index (χ3v) is 8.74. The second kappa shape index (κ2) is 14.1. The monoisotopic (exact) mass is 657 g/mol. The summed E-state index contributed by atoms with van der Waals surface area (Å²) in [5, 5.41) is 0. The van der Waals surface area contributed by atoms with E-state index in [9.17, 15) is 18.8 Å². The van der Waals surface area contributed by atoms with Gasteiger partial charge in [0, 0.05) is 18.7 Å². The molecule has 47 heavy (non-hydrogen) atoms.